The van der Waals surface area contributed by atoms with E-state index in [1.165, 1.54) is 30.7 Å². The Morgan fingerprint density at radius 2 is 1.84 bits per heavy atom. The van der Waals surface area contributed by atoms with E-state index in [2.05, 4.69) is 15.1 Å². The number of rotatable bonds is 4. The van der Waals surface area contributed by atoms with Crippen LogP contribution in [0.15, 0.2) is 36.8 Å². The van der Waals surface area contributed by atoms with Crippen LogP contribution in [-0.4, -0.2) is 45.1 Å². The van der Waals surface area contributed by atoms with Crippen molar-refractivity contribution < 1.29 is 17.6 Å². The summed E-state index contributed by atoms with van der Waals surface area (Å²) in [4.78, 5) is 11.0. The highest BCUT2D eigenvalue weighted by Crippen LogP contribution is 2.33. The Morgan fingerprint density at radius 1 is 1.10 bits per heavy atom. The molecule has 11 heteroatoms. The quantitative estimate of drug-likeness (QED) is 0.482. The van der Waals surface area contributed by atoms with Crippen LogP contribution in [0.5, 0.6) is 0 Å². The highest BCUT2D eigenvalue weighted by molar-refractivity contribution is 5.81. The normalized spacial score (nSPS) is 15.5. The lowest BCUT2D eigenvalue weighted by molar-refractivity contribution is -0.142. The average molecular weight is 435 g/mol. The van der Waals surface area contributed by atoms with Crippen LogP contribution in [-0.2, 0) is 6.54 Å². The SMILES string of the molecule is Nc1ccc(-c2nc(N3CCC(N)CC3)ncc2-c2cnn(CC(F)(F)F)c2)cc1F. The van der Waals surface area contributed by atoms with Crippen LogP contribution in [0, 0.1) is 5.82 Å². The monoisotopic (exact) mass is 435 g/mol. The van der Waals surface area contributed by atoms with Gasteiger partial charge in [0, 0.05) is 48.2 Å². The molecule has 1 saturated heterocycles. The molecule has 1 fully saturated rings. The Morgan fingerprint density at radius 3 is 2.52 bits per heavy atom. The van der Waals surface area contributed by atoms with Gasteiger partial charge in [-0.1, -0.05) is 6.07 Å². The molecular weight excluding hydrogens is 414 g/mol. The zero-order chi connectivity index (χ0) is 22.2. The van der Waals surface area contributed by atoms with E-state index in [-0.39, 0.29) is 11.7 Å². The van der Waals surface area contributed by atoms with Gasteiger partial charge < -0.3 is 16.4 Å². The largest absolute Gasteiger partial charge is 0.408 e. The lowest BCUT2D eigenvalue weighted by Crippen LogP contribution is -2.40. The van der Waals surface area contributed by atoms with E-state index in [9.17, 15) is 17.6 Å². The first-order valence-electron chi connectivity index (χ1n) is 9.72. The van der Waals surface area contributed by atoms with Gasteiger partial charge in [0.1, 0.15) is 12.4 Å². The first kappa shape index (κ1) is 21.0. The number of anilines is 2. The fourth-order valence-electron chi connectivity index (χ4n) is 3.50. The maximum atomic E-state index is 14.2. The van der Waals surface area contributed by atoms with Crippen LogP contribution in [0.1, 0.15) is 12.8 Å². The molecule has 0 spiro atoms. The lowest BCUT2D eigenvalue weighted by atomic mass is 10.0. The van der Waals surface area contributed by atoms with Crippen molar-refractivity contribution in [3.8, 4) is 22.4 Å². The molecule has 31 heavy (non-hydrogen) atoms. The maximum Gasteiger partial charge on any atom is 0.408 e. The molecule has 3 heterocycles. The van der Waals surface area contributed by atoms with Gasteiger partial charge in [0.05, 0.1) is 17.6 Å². The number of hydrogen-bond donors (Lipinski definition) is 2. The molecule has 2 aromatic heterocycles. The molecule has 0 radical (unpaired) electrons. The number of hydrogen-bond acceptors (Lipinski definition) is 6. The van der Waals surface area contributed by atoms with Crippen molar-refractivity contribution in [3.05, 3.63) is 42.6 Å². The fraction of sp³-hybridized carbons (Fsp3) is 0.350. The van der Waals surface area contributed by atoms with E-state index in [4.69, 9.17) is 11.5 Å². The van der Waals surface area contributed by atoms with E-state index >= 15 is 0 Å². The van der Waals surface area contributed by atoms with Crippen LogP contribution < -0.4 is 16.4 Å². The second-order valence-electron chi connectivity index (χ2n) is 7.53. The van der Waals surface area contributed by atoms with Gasteiger partial charge >= 0.3 is 6.18 Å². The lowest BCUT2D eigenvalue weighted by Gasteiger charge is -2.30. The third kappa shape index (κ3) is 4.76. The van der Waals surface area contributed by atoms with E-state index < -0.39 is 18.5 Å². The van der Waals surface area contributed by atoms with E-state index in [1.54, 1.807) is 6.07 Å². The summed E-state index contributed by atoms with van der Waals surface area (Å²) in [7, 11) is 0. The molecule has 0 unspecified atom stereocenters. The van der Waals surface area contributed by atoms with Crippen molar-refractivity contribution in [2.24, 2.45) is 5.73 Å². The van der Waals surface area contributed by atoms with Crippen molar-refractivity contribution in [2.45, 2.75) is 31.6 Å². The summed E-state index contributed by atoms with van der Waals surface area (Å²) in [5.41, 5.74) is 13.2. The molecule has 1 aliphatic heterocycles. The summed E-state index contributed by atoms with van der Waals surface area (Å²) in [6.07, 6.45) is 1.28. The topological polar surface area (TPSA) is 98.9 Å². The van der Waals surface area contributed by atoms with Crippen LogP contribution in [0.3, 0.4) is 0 Å². The zero-order valence-corrected chi connectivity index (χ0v) is 16.5. The number of alkyl halides is 3. The number of nitrogen functional groups attached to an aromatic ring is 1. The highest BCUT2D eigenvalue weighted by Gasteiger charge is 2.29. The number of halogens is 4. The summed E-state index contributed by atoms with van der Waals surface area (Å²) >= 11 is 0. The summed E-state index contributed by atoms with van der Waals surface area (Å²) in [5.74, 6) is -0.161. The second-order valence-corrected chi connectivity index (χ2v) is 7.53. The minimum absolute atomic E-state index is 0.0115. The van der Waals surface area contributed by atoms with E-state index in [1.807, 2.05) is 4.90 Å². The smallest absolute Gasteiger partial charge is 0.396 e. The molecule has 4 N–H and O–H groups in total. The first-order valence-corrected chi connectivity index (χ1v) is 9.72. The molecule has 0 bridgehead atoms. The molecule has 0 atom stereocenters. The number of piperidine rings is 1. The summed E-state index contributed by atoms with van der Waals surface area (Å²) in [5, 5.41) is 3.79. The second kappa shape index (κ2) is 8.14. The van der Waals surface area contributed by atoms with Crippen LogP contribution in [0.4, 0.5) is 29.2 Å². The van der Waals surface area contributed by atoms with Crippen LogP contribution in [0.2, 0.25) is 0 Å². The maximum absolute atomic E-state index is 14.2. The Kier molecular flexibility index (Phi) is 5.52. The first-order chi connectivity index (χ1) is 14.7. The molecular formula is C20H21F4N7. The van der Waals surface area contributed by atoms with Gasteiger partial charge in [0.15, 0.2) is 0 Å². The van der Waals surface area contributed by atoms with E-state index in [0.717, 1.165) is 17.5 Å². The van der Waals surface area contributed by atoms with E-state index in [0.29, 0.717) is 41.4 Å². The number of benzene rings is 1. The number of nitrogens with zero attached hydrogens (tertiary/aromatic N) is 5. The Hall–Kier alpha value is -3.21. The van der Waals surface area contributed by atoms with Crippen LogP contribution in [0.25, 0.3) is 22.4 Å². The molecule has 4 rings (SSSR count). The van der Waals surface area contributed by atoms with Gasteiger partial charge in [-0.25, -0.2) is 14.4 Å². The fourth-order valence-corrected chi connectivity index (χ4v) is 3.50. The molecule has 1 aliphatic rings. The summed E-state index contributed by atoms with van der Waals surface area (Å²) < 4.78 is 53.1. The molecule has 0 aliphatic carbocycles. The van der Waals surface area contributed by atoms with Crippen molar-refractivity contribution >= 4 is 11.6 Å². The molecule has 7 nitrogen and oxygen atoms in total. The predicted molar refractivity (Wildman–Crippen MR) is 109 cm³/mol. The molecule has 164 valence electrons. The molecule has 0 amide bonds. The average Bonchev–Trinajstić information content (AvgIpc) is 3.16. The van der Waals surface area contributed by atoms with Crippen molar-refractivity contribution in [2.75, 3.05) is 23.7 Å². The van der Waals surface area contributed by atoms with Gasteiger partial charge in [0.2, 0.25) is 5.95 Å². The predicted octanol–water partition coefficient (Wildman–Crippen LogP) is 3.22. The minimum atomic E-state index is -4.40. The van der Waals surface area contributed by atoms with Gasteiger partial charge in [-0.15, -0.1) is 0 Å². The summed E-state index contributed by atoms with van der Waals surface area (Å²) in [6, 6.07) is 4.40. The molecule has 1 aromatic carbocycles. The zero-order valence-electron chi connectivity index (χ0n) is 16.5. The Bertz CT molecular complexity index is 1070. The van der Waals surface area contributed by atoms with Gasteiger partial charge in [-0.2, -0.15) is 18.3 Å². The minimum Gasteiger partial charge on any atom is -0.396 e. The van der Waals surface area contributed by atoms with Gasteiger partial charge in [-0.05, 0) is 25.0 Å². The van der Waals surface area contributed by atoms with Gasteiger partial charge in [-0.3, -0.25) is 4.68 Å². The van der Waals surface area contributed by atoms with Gasteiger partial charge in [0.25, 0.3) is 0 Å². The standard InChI is InChI=1S/C20H21F4N7/c21-16-7-12(1-2-17(16)26)18-15(13-8-28-31(10-13)11-20(22,23)24)9-27-19(29-18)30-5-3-14(25)4-6-30/h1-2,7-10,14H,3-6,11,25-26H2. The van der Waals surface area contributed by atoms with Crippen LogP contribution >= 0.6 is 0 Å². The number of nitrogens with two attached hydrogens (primary N) is 2. The number of aromatic nitrogens is 4. The third-order valence-corrected chi connectivity index (χ3v) is 5.16. The van der Waals surface area contributed by atoms with Crippen molar-refractivity contribution in [3.63, 3.8) is 0 Å². The Labute approximate surface area is 175 Å². The molecule has 0 saturated carbocycles. The Balaban J connectivity index is 1.76. The van der Waals surface area contributed by atoms with Crippen molar-refractivity contribution in [1.29, 1.82) is 0 Å². The van der Waals surface area contributed by atoms with Crippen molar-refractivity contribution in [1.82, 2.24) is 19.7 Å². The summed E-state index contributed by atoms with van der Waals surface area (Å²) in [6.45, 7) is 0.144. The molecule has 3 aromatic rings. The highest BCUT2D eigenvalue weighted by atomic mass is 19.4. The third-order valence-electron chi connectivity index (χ3n) is 5.16.